The number of hydrogen-bond donors (Lipinski definition) is 3. The summed E-state index contributed by atoms with van der Waals surface area (Å²) in [5.74, 6) is 1.17. The van der Waals surface area contributed by atoms with Crippen molar-refractivity contribution in [2.75, 3.05) is 27.2 Å². The molecule has 0 amide bonds. The zero-order valence-electron chi connectivity index (χ0n) is 17.6. The molecule has 1 saturated heterocycles. The Bertz CT molecular complexity index is 755. The summed E-state index contributed by atoms with van der Waals surface area (Å²) in [6.45, 7) is 8.87. The van der Waals surface area contributed by atoms with Crippen molar-refractivity contribution in [3.8, 4) is 0 Å². The number of nitrogens with one attached hydrogen (secondary N) is 3. The first-order chi connectivity index (χ1) is 13.2. The van der Waals surface area contributed by atoms with Crippen LogP contribution < -0.4 is 15.4 Å². The van der Waals surface area contributed by atoms with Crippen LogP contribution in [-0.4, -0.2) is 47.7 Å². The molecule has 2 rings (SSSR count). The first-order valence-electron chi connectivity index (χ1n) is 9.76. The number of hydrogen-bond acceptors (Lipinski definition) is 4. The van der Waals surface area contributed by atoms with Gasteiger partial charge in [-0.3, -0.25) is 4.99 Å². The lowest BCUT2D eigenvalue weighted by atomic mass is 9.78. The van der Waals surface area contributed by atoms with Crippen molar-refractivity contribution in [1.29, 1.82) is 0 Å². The number of nitrogens with zero attached hydrogens (tertiary/aromatic N) is 1. The minimum absolute atomic E-state index is 0.110. The van der Waals surface area contributed by atoms with Gasteiger partial charge in [0.2, 0.25) is 10.0 Å². The van der Waals surface area contributed by atoms with Gasteiger partial charge in [-0.25, -0.2) is 13.1 Å². The van der Waals surface area contributed by atoms with Crippen LogP contribution >= 0.6 is 0 Å². The van der Waals surface area contributed by atoms with Crippen molar-refractivity contribution in [3.05, 3.63) is 29.8 Å². The van der Waals surface area contributed by atoms with E-state index in [2.05, 4.69) is 41.1 Å². The van der Waals surface area contributed by atoms with E-state index in [-0.39, 0.29) is 16.4 Å². The van der Waals surface area contributed by atoms with Crippen molar-refractivity contribution in [3.63, 3.8) is 0 Å². The molecule has 0 radical (unpaired) electrons. The molecule has 158 valence electrons. The zero-order valence-corrected chi connectivity index (χ0v) is 18.4. The second kappa shape index (κ2) is 9.71. The smallest absolute Gasteiger partial charge is 0.240 e. The molecule has 2 atom stereocenters. The molecule has 28 heavy (non-hydrogen) atoms. The normalized spacial score (nSPS) is 21.4. The molecule has 3 N–H and O–H groups in total. The van der Waals surface area contributed by atoms with Crippen molar-refractivity contribution < 1.29 is 13.2 Å². The van der Waals surface area contributed by atoms with E-state index in [0.717, 1.165) is 37.5 Å². The molecule has 0 bridgehead atoms. The van der Waals surface area contributed by atoms with Crippen molar-refractivity contribution >= 4 is 16.0 Å². The maximum atomic E-state index is 11.8. The summed E-state index contributed by atoms with van der Waals surface area (Å²) in [6.07, 6.45) is 2.47. The predicted octanol–water partition coefficient (Wildman–Crippen LogP) is 2.10. The fourth-order valence-electron chi connectivity index (χ4n) is 3.55. The Balaban J connectivity index is 1.89. The third-order valence-corrected chi connectivity index (χ3v) is 6.45. The monoisotopic (exact) mass is 410 g/mol. The Hall–Kier alpha value is -1.64. The van der Waals surface area contributed by atoms with Gasteiger partial charge in [0.05, 0.1) is 11.0 Å². The summed E-state index contributed by atoms with van der Waals surface area (Å²) >= 11 is 0. The molecule has 1 heterocycles. The molecule has 1 aliphatic heterocycles. The van der Waals surface area contributed by atoms with Gasteiger partial charge in [0.15, 0.2) is 5.96 Å². The van der Waals surface area contributed by atoms with E-state index >= 15 is 0 Å². The lowest BCUT2D eigenvalue weighted by Crippen LogP contribution is -2.47. The summed E-state index contributed by atoms with van der Waals surface area (Å²) in [7, 11) is -0.256. The minimum atomic E-state index is -3.41. The number of guanidine groups is 1. The van der Waals surface area contributed by atoms with Crippen LogP contribution in [0.1, 0.15) is 39.2 Å². The Kier molecular flexibility index (Phi) is 7.86. The molecule has 1 aliphatic rings. The lowest BCUT2D eigenvalue weighted by molar-refractivity contribution is -0.0835. The van der Waals surface area contributed by atoms with Crippen LogP contribution in [0.3, 0.4) is 0 Å². The lowest BCUT2D eigenvalue weighted by Gasteiger charge is -2.40. The maximum Gasteiger partial charge on any atom is 0.240 e. The Morgan fingerprint density at radius 2 is 1.89 bits per heavy atom. The van der Waals surface area contributed by atoms with E-state index in [1.54, 1.807) is 31.3 Å². The van der Waals surface area contributed by atoms with Gasteiger partial charge >= 0.3 is 0 Å². The molecule has 0 aliphatic carbocycles. The number of rotatable bonds is 6. The number of sulfonamides is 1. The highest BCUT2D eigenvalue weighted by Crippen LogP contribution is 2.33. The molecule has 8 heteroatoms. The van der Waals surface area contributed by atoms with Crippen LogP contribution in [0, 0.1) is 11.3 Å². The average Bonchev–Trinajstić information content (AvgIpc) is 2.68. The molecule has 7 nitrogen and oxygen atoms in total. The molecule has 1 aromatic rings. The number of ether oxygens (including phenoxy) is 1. The average molecular weight is 411 g/mol. The van der Waals surface area contributed by atoms with Gasteiger partial charge in [-0.05, 0) is 43.0 Å². The van der Waals surface area contributed by atoms with E-state index < -0.39 is 10.0 Å². The van der Waals surface area contributed by atoms with Crippen LogP contribution in [0.2, 0.25) is 0 Å². The van der Waals surface area contributed by atoms with E-state index in [1.807, 2.05) is 0 Å². The van der Waals surface area contributed by atoms with Crippen LogP contribution in [0.5, 0.6) is 0 Å². The SMILES string of the molecule is CN=C(NCc1ccc(S(=O)(=O)NC)cc1)NCC1CCCOC1C(C)(C)C. The van der Waals surface area contributed by atoms with Gasteiger partial charge in [0, 0.05) is 32.7 Å². The second-order valence-electron chi connectivity index (χ2n) is 8.22. The van der Waals surface area contributed by atoms with Crippen LogP contribution in [0.15, 0.2) is 34.2 Å². The van der Waals surface area contributed by atoms with Crippen LogP contribution in [-0.2, 0) is 21.3 Å². The third-order valence-electron chi connectivity index (χ3n) is 5.02. The Labute approximate surface area is 169 Å². The molecule has 2 unspecified atom stereocenters. The second-order valence-corrected chi connectivity index (χ2v) is 10.1. The number of benzene rings is 1. The van der Waals surface area contributed by atoms with Gasteiger partial charge in [-0.1, -0.05) is 32.9 Å². The number of aliphatic imine (C=N–C) groups is 1. The Morgan fingerprint density at radius 3 is 2.46 bits per heavy atom. The molecular formula is C20H34N4O3S. The fraction of sp³-hybridized carbons (Fsp3) is 0.650. The van der Waals surface area contributed by atoms with Crippen molar-refractivity contribution in [1.82, 2.24) is 15.4 Å². The van der Waals surface area contributed by atoms with Crippen molar-refractivity contribution in [2.24, 2.45) is 16.3 Å². The Morgan fingerprint density at radius 1 is 1.21 bits per heavy atom. The summed E-state index contributed by atoms with van der Waals surface area (Å²) in [5.41, 5.74) is 1.09. The third kappa shape index (κ3) is 6.18. The molecule has 0 aromatic heterocycles. The molecule has 0 spiro atoms. The van der Waals surface area contributed by atoms with Gasteiger partial charge in [0.25, 0.3) is 0 Å². The first kappa shape index (κ1) is 22.6. The maximum absolute atomic E-state index is 11.8. The van der Waals surface area contributed by atoms with E-state index in [4.69, 9.17) is 4.74 Å². The summed E-state index contributed by atoms with van der Waals surface area (Å²) in [4.78, 5) is 4.55. The topological polar surface area (TPSA) is 91.8 Å². The standard InChI is InChI=1S/C20H34N4O3S/c1-20(2,3)18-16(7-6-12-27-18)14-24-19(21-4)23-13-15-8-10-17(11-9-15)28(25,26)22-5/h8-11,16,18,22H,6-7,12-14H2,1-5H3,(H2,21,23,24). The quantitative estimate of drug-likeness (QED) is 0.493. The van der Waals surface area contributed by atoms with Crippen LogP contribution in [0.4, 0.5) is 0 Å². The highest BCUT2D eigenvalue weighted by atomic mass is 32.2. The van der Waals surface area contributed by atoms with Gasteiger partial charge in [-0.15, -0.1) is 0 Å². The van der Waals surface area contributed by atoms with E-state index in [0.29, 0.717) is 12.5 Å². The molecule has 1 aromatic carbocycles. The summed E-state index contributed by atoms with van der Waals surface area (Å²) < 4.78 is 31.9. The summed E-state index contributed by atoms with van der Waals surface area (Å²) in [6, 6.07) is 6.81. The largest absolute Gasteiger partial charge is 0.377 e. The minimum Gasteiger partial charge on any atom is -0.377 e. The fourth-order valence-corrected chi connectivity index (χ4v) is 4.28. The van der Waals surface area contributed by atoms with E-state index in [9.17, 15) is 8.42 Å². The summed E-state index contributed by atoms with van der Waals surface area (Å²) in [5, 5.41) is 6.69. The van der Waals surface area contributed by atoms with Gasteiger partial charge in [-0.2, -0.15) is 0 Å². The predicted molar refractivity (Wildman–Crippen MR) is 113 cm³/mol. The van der Waals surface area contributed by atoms with Gasteiger partial charge in [0.1, 0.15) is 0 Å². The van der Waals surface area contributed by atoms with Gasteiger partial charge < -0.3 is 15.4 Å². The van der Waals surface area contributed by atoms with Crippen LogP contribution in [0.25, 0.3) is 0 Å². The van der Waals surface area contributed by atoms with E-state index in [1.165, 1.54) is 7.05 Å². The highest BCUT2D eigenvalue weighted by molar-refractivity contribution is 7.89. The molecule has 0 saturated carbocycles. The highest BCUT2D eigenvalue weighted by Gasteiger charge is 2.35. The molecular weight excluding hydrogens is 376 g/mol. The van der Waals surface area contributed by atoms with Crippen molar-refractivity contribution in [2.45, 2.75) is 51.2 Å². The zero-order chi connectivity index (χ0) is 20.8. The molecule has 1 fully saturated rings. The first-order valence-corrected chi connectivity index (χ1v) is 11.2.